The summed E-state index contributed by atoms with van der Waals surface area (Å²) in [5.74, 6) is 0.366. The van der Waals surface area contributed by atoms with Crippen molar-refractivity contribution in [1.29, 1.82) is 0 Å². The summed E-state index contributed by atoms with van der Waals surface area (Å²) in [5, 5.41) is 8.44. The van der Waals surface area contributed by atoms with E-state index in [1.165, 1.54) is 17.1 Å². The van der Waals surface area contributed by atoms with E-state index in [1.54, 1.807) is 6.20 Å². The molecule has 0 radical (unpaired) electrons. The van der Waals surface area contributed by atoms with Crippen molar-refractivity contribution in [3.63, 3.8) is 0 Å². The molecule has 0 bridgehead atoms. The average molecular weight is 464 g/mol. The van der Waals surface area contributed by atoms with Crippen LogP contribution in [-0.2, 0) is 11.3 Å². The highest BCUT2D eigenvalue weighted by atomic mass is 35.5. The van der Waals surface area contributed by atoms with Gasteiger partial charge in [0.15, 0.2) is 0 Å². The van der Waals surface area contributed by atoms with Crippen molar-refractivity contribution in [3.05, 3.63) is 35.7 Å². The first kappa shape index (κ1) is 21.3. The van der Waals surface area contributed by atoms with E-state index in [4.69, 9.17) is 16.3 Å². The molecular formula is C21H24ClF2N7O. The Bertz CT molecular complexity index is 1110. The Morgan fingerprint density at radius 2 is 1.97 bits per heavy atom. The Labute approximate surface area is 189 Å². The lowest BCUT2D eigenvalue weighted by Crippen LogP contribution is -2.64. The number of benzene rings is 1. The van der Waals surface area contributed by atoms with Crippen LogP contribution in [0.2, 0.25) is 5.02 Å². The summed E-state index contributed by atoms with van der Waals surface area (Å²) < 4.78 is 31.6. The second kappa shape index (κ2) is 8.42. The van der Waals surface area contributed by atoms with Gasteiger partial charge in [-0.3, -0.25) is 9.58 Å². The SMILES string of the molecule is CC1(N2CCN(c3cc4nc(Nc5cnn(CC(F)F)c5)ncc4cc3Cl)CC2)COC1. The van der Waals surface area contributed by atoms with Crippen LogP contribution in [0.25, 0.3) is 10.9 Å². The summed E-state index contributed by atoms with van der Waals surface area (Å²) >= 11 is 6.60. The van der Waals surface area contributed by atoms with E-state index in [2.05, 4.69) is 37.1 Å². The Kier molecular flexibility index (Phi) is 5.60. The zero-order chi connectivity index (χ0) is 22.3. The van der Waals surface area contributed by atoms with E-state index in [0.29, 0.717) is 16.7 Å². The van der Waals surface area contributed by atoms with Crippen LogP contribution in [0.15, 0.2) is 30.7 Å². The van der Waals surface area contributed by atoms with Crippen LogP contribution in [0.1, 0.15) is 6.92 Å². The zero-order valence-electron chi connectivity index (χ0n) is 17.6. The maximum atomic E-state index is 12.5. The number of nitrogens with one attached hydrogen (secondary N) is 1. The lowest BCUT2D eigenvalue weighted by molar-refractivity contribution is -0.131. The highest BCUT2D eigenvalue weighted by Crippen LogP contribution is 2.33. The van der Waals surface area contributed by atoms with Crippen molar-refractivity contribution >= 4 is 39.8 Å². The predicted octanol–water partition coefficient (Wildman–Crippen LogP) is 3.40. The molecule has 1 aromatic carbocycles. The Morgan fingerprint density at radius 3 is 2.66 bits per heavy atom. The summed E-state index contributed by atoms with van der Waals surface area (Å²) in [6.45, 7) is 7.02. The van der Waals surface area contributed by atoms with Crippen LogP contribution in [0, 0.1) is 0 Å². The van der Waals surface area contributed by atoms with Crippen molar-refractivity contribution in [2.45, 2.75) is 25.4 Å². The van der Waals surface area contributed by atoms with Crippen LogP contribution in [0.3, 0.4) is 0 Å². The first-order valence-corrected chi connectivity index (χ1v) is 10.9. The molecule has 2 aromatic heterocycles. The average Bonchev–Trinajstić information content (AvgIpc) is 3.18. The van der Waals surface area contributed by atoms with Gasteiger partial charge in [0.05, 0.1) is 46.9 Å². The largest absolute Gasteiger partial charge is 0.377 e. The quantitative estimate of drug-likeness (QED) is 0.600. The second-order valence-electron chi connectivity index (χ2n) is 8.49. The minimum absolute atomic E-state index is 0.149. The third-order valence-electron chi connectivity index (χ3n) is 6.07. The highest BCUT2D eigenvalue weighted by Gasteiger charge is 2.40. The van der Waals surface area contributed by atoms with Crippen LogP contribution in [0.5, 0.6) is 0 Å². The monoisotopic (exact) mass is 463 g/mol. The maximum absolute atomic E-state index is 12.5. The highest BCUT2D eigenvalue weighted by molar-refractivity contribution is 6.34. The number of rotatable bonds is 6. The van der Waals surface area contributed by atoms with Gasteiger partial charge in [0.2, 0.25) is 5.95 Å². The zero-order valence-corrected chi connectivity index (χ0v) is 18.4. The molecular weight excluding hydrogens is 440 g/mol. The molecule has 8 nitrogen and oxygen atoms in total. The minimum Gasteiger partial charge on any atom is -0.377 e. The van der Waals surface area contributed by atoms with Gasteiger partial charge in [0, 0.05) is 44.0 Å². The van der Waals surface area contributed by atoms with E-state index in [-0.39, 0.29) is 5.54 Å². The van der Waals surface area contributed by atoms with Crippen LogP contribution >= 0.6 is 11.6 Å². The standard InChI is InChI=1S/C21H24ClF2N7O/c1-21(12-32-13-21)30-4-2-29(3-5-30)18-7-17-14(6-16(18)22)8-25-20(28-17)27-15-9-26-31(10-15)11-19(23)24/h6-10,19H,2-5,11-13H2,1H3,(H,25,27,28). The number of alkyl halides is 2. The Hall–Kier alpha value is -2.56. The van der Waals surface area contributed by atoms with Gasteiger partial charge in [-0.05, 0) is 19.1 Å². The third-order valence-corrected chi connectivity index (χ3v) is 6.38. The van der Waals surface area contributed by atoms with Gasteiger partial charge >= 0.3 is 0 Å². The topological polar surface area (TPSA) is 71.3 Å². The molecule has 32 heavy (non-hydrogen) atoms. The summed E-state index contributed by atoms with van der Waals surface area (Å²) in [4.78, 5) is 13.7. The van der Waals surface area contributed by atoms with E-state index in [9.17, 15) is 8.78 Å². The lowest BCUT2D eigenvalue weighted by Gasteiger charge is -2.50. The smallest absolute Gasteiger partial charge is 0.257 e. The number of hydrogen-bond donors (Lipinski definition) is 1. The summed E-state index contributed by atoms with van der Waals surface area (Å²) in [7, 11) is 0. The molecule has 170 valence electrons. The predicted molar refractivity (Wildman–Crippen MR) is 119 cm³/mol. The summed E-state index contributed by atoms with van der Waals surface area (Å²) in [6.07, 6.45) is 2.20. The van der Waals surface area contributed by atoms with Crippen LogP contribution in [0.4, 0.5) is 26.1 Å². The molecule has 4 heterocycles. The van der Waals surface area contributed by atoms with Gasteiger partial charge in [-0.1, -0.05) is 11.6 Å². The van der Waals surface area contributed by atoms with E-state index >= 15 is 0 Å². The lowest BCUT2D eigenvalue weighted by atomic mass is 9.97. The van der Waals surface area contributed by atoms with Gasteiger partial charge in [-0.2, -0.15) is 5.10 Å². The molecule has 0 aliphatic carbocycles. The molecule has 0 atom stereocenters. The van der Waals surface area contributed by atoms with Gasteiger partial charge in [0.1, 0.15) is 6.54 Å². The van der Waals surface area contributed by atoms with Gasteiger partial charge < -0.3 is 15.0 Å². The second-order valence-corrected chi connectivity index (χ2v) is 8.89. The molecule has 2 aliphatic heterocycles. The first-order chi connectivity index (χ1) is 15.4. The normalized spacial score (nSPS) is 18.8. The molecule has 2 aliphatic rings. The molecule has 5 rings (SSSR count). The van der Waals surface area contributed by atoms with Gasteiger partial charge in [-0.15, -0.1) is 0 Å². The van der Waals surface area contributed by atoms with Gasteiger partial charge in [-0.25, -0.2) is 18.7 Å². The fraction of sp³-hybridized carbons (Fsp3) is 0.476. The molecule has 0 amide bonds. The Balaban J connectivity index is 1.32. The number of aromatic nitrogens is 4. The molecule has 2 fully saturated rings. The van der Waals surface area contributed by atoms with Crippen molar-refractivity contribution in [1.82, 2.24) is 24.6 Å². The maximum Gasteiger partial charge on any atom is 0.257 e. The number of piperazine rings is 1. The summed E-state index contributed by atoms with van der Waals surface area (Å²) in [6, 6.07) is 3.86. The van der Waals surface area contributed by atoms with Crippen molar-refractivity contribution in [2.75, 3.05) is 49.6 Å². The third kappa shape index (κ3) is 4.22. The van der Waals surface area contributed by atoms with Gasteiger partial charge in [0.25, 0.3) is 6.43 Å². The molecule has 3 aromatic rings. The molecule has 2 saturated heterocycles. The number of anilines is 3. The number of halogens is 3. The number of ether oxygens (including phenoxy) is 1. The molecule has 11 heteroatoms. The minimum atomic E-state index is -2.46. The number of hydrogen-bond acceptors (Lipinski definition) is 7. The van der Waals surface area contributed by atoms with Crippen LogP contribution in [-0.4, -0.2) is 76.0 Å². The van der Waals surface area contributed by atoms with Crippen molar-refractivity contribution in [2.24, 2.45) is 0 Å². The van der Waals surface area contributed by atoms with E-state index < -0.39 is 13.0 Å². The molecule has 1 N–H and O–H groups in total. The number of nitrogens with zero attached hydrogens (tertiary/aromatic N) is 6. The van der Waals surface area contributed by atoms with E-state index in [0.717, 1.165) is 56.0 Å². The van der Waals surface area contributed by atoms with Crippen molar-refractivity contribution < 1.29 is 13.5 Å². The number of fused-ring (bicyclic) bond motifs is 1. The molecule has 0 saturated carbocycles. The molecule has 0 unspecified atom stereocenters. The first-order valence-electron chi connectivity index (χ1n) is 10.5. The Morgan fingerprint density at radius 1 is 1.19 bits per heavy atom. The van der Waals surface area contributed by atoms with E-state index in [1.807, 2.05) is 12.1 Å². The summed E-state index contributed by atoms with van der Waals surface area (Å²) in [5.41, 5.74) is 2.39. The van der Waals surface area contributed by atoms with Crippen molar-refractivity contribution in [3.8, 4) is 0 Å². The molecule has 0 spiro atoms. The fourth-order valence-electron chi connectivity index (χ4n) is 4.21. The fourth-order valence-corrected chi connectivity index (χ4v) is 4.50. The van der Waals surface area contributed by atoms with Crippen LogP contribution < -0.4 is 10.2 Å².